The predicted molar refractivity (Wildman–Crippen MR) is 105 cm³/mol. The average molecular weight is 377 g/mol. The Hall–Kier alpha value is -2.28. The number of carbonyl (C=O) groups is 2. The molecule has 0 aromatic heterocycles. The summed E-state index contributed by atoms with van der Waals surface area (Å²) < 4.78 is 10.2. The summed E-state index contributed by atoms with van der Waals surface area (Å²) in [4.78, 5) is 28.0. The van der Waals surface area contributed by atoms with Crippen molar-refractivity contribution < 1.29 is 19.1 Å². The standard InChI is InChI=1S/C20H31N3O4/c1-5-26-18(24)16-6-8-17(9-7-16)23-14-12-22(13-15-23)11-10-21-19(25)27-20(2,3)4/h6-9H,5,10-15H2,1-4H3,(H,21,25). The fourth-order valence-electron chi connectivity index (χ4n) is 2.88. The van der Waals surface area contributed by atoms with Crippen molar-refractivity contribution in [2.75, 3.05) is 50.8 Å². The maximum atomic E-state index is 11.7. The first-order chi connectivity index (χ1) is 12.8. The average Bonchev–Trinajstić information content (AvgIpc) is 2.61. The molecule has 0 unspecified atom stereocenters. The summed E-state index contributed by atoms with van der Waals surface area (Å²) in [5.74, 6) is -0.286. The van der Waals surface area contributed by atoms with Crippen molar-refractivity contribution >= 4 is 17.7 Å². The normalized spacial score (nSPS) is 15.3. The first kappa shape index (κ1) is 21.0. The number of hydrogen-bond donors (Lipinski definition) is 1. The molecule has 1 aliphatic heterocycles. The highest BCUT2D eigenvalue weighted by molar-refractivity contribution is 5.89. The molecule has 1 amide bonds. The molecule has 1 N–H and O–H groups in total. The zero-order valence-corrected chi connectivity index (χ0v) is 16.8. The Morgan fingerprint density at radius 2 is 1.70 bits per heavy atom. The molecule has 0 bridgehead atoms. The van der Waals surface area contributed by atoms with Crippen molar-refractivity contribution in [2.45, 2.75) is 33.3 Å². The molecule has 7 nitrogen and oxygen atoms in total. The summed E-state index contributed by atoms with van der Waals surface area (Å²) in [5.41, 5.74) is 1.21. The van der Waals surface area contributed by atoms with E-state index < -0.39 is 5.60 Å². The Balaban J connectivity index is 1.72. The van der Waals surface area contributed by atoms with Crippen molar-refractivity contribution in [3.63, 3.8) is 0 Å². The van der Waals surface area contributed by atoms with E-state index in [1.54, 1.807) is 6.92 Å². The van der Waals surface area contributed by atoms with Crippen molar-refractivity contribution in [1.82, 2.24) is 10.2 Å². The molecule has 1 aromatic rings. The maximum absolute atomic E-state index is 11.7. The van der Waals surface area contributed by atoms with Gasteiger partial charge in [0.1, 0.15) is 5.60 Å². The summed E-state index contributed by atoms with van der Waals surface area (Å²) >= 11 is 0. The molecule has 0 radical (unpaired) electrons. The van der Waals surface area contributed by atoms with E-state index >= 15 is 0 Å². The lowest BCUT2D eigenvalue weighted by molar-refractivity contribution is 0.0513. The fraction of sp³-hybridized carbons (Fsp3) is 0.600. The number of nitrogens with one attached hydrogen (secondary N) is 1. The summed E-state index contributed by atoms with van der Waals surface area (Å²) in [6, 6.07) is 7.55. The summed E-state index contributed by atoms with van der Waals surface area (Å²) in [5, 5.41) is 2.80. The van der Waals surface area contributed by atoms with Crippen LogP contribution in [0.2, 0.25) is 0 Å². The van der Waals surface area contributed by atoms with Crippen LogP contribution in [-0.4, -0.2) is 68.4 Å². The fourth-order valence-corrected chi connectivity index (χ4v) is 2.88. The van der Waals surface area contributed by atoms with Crippen LogP contribution in [0, 0.1) is 0 Å². The van der Waals surface area contributed by atoms with E-state index in [4.69, 9.17) is 9.47 Å². The van der Waals surface area contributed by atoms with Gasteiger partial charge in [-0.25, -0.2) is 9.59 Å². The molecule has 27 heavy (non-hydrogen) atoms. The van der Waals surface area contributed by atoms with Gasteiger partial charge in [-0.1, -0.05) is 0 Å². The molecule has 0 saturated carbocycles. The zero-order chi connectivity index (χ0) is 19.9. The zero-order valence-electron chi connectivity index (χ0n) is 16.8. The van der Waals surface area contributed by atoms with E-state index in [-0.39, 0.29) is 12.1 Å². The molecular formula is C20H31N3O4. The minimum absolute atomic E-state index is 0.286. The highest BCUT2D eigenvalue weighted by Crippen LogP contribution is 2.18. The Labute approximate surface area is 161 Å². The number of alkyl carbamates (subject to hydrolysis) is 1. The largest absolute Gasteiger partial charge is 0.462 e. The van der Waals surface area contributed by atoms with Crippen LogP contribution in [0.25, 0.3) is 0 Å². The molecule has 1 heterocycles. The highest BCUT2D eigenvalue weighted by atomic mass is 16.6. The van der Waals surface area contributed by atoms with Gasteiger partial charge in [0.2, 0.25) is 0 Å². The van der Waals surface area contributed by atoms with Gasteiger partial charge in [0.25, 0.3) is 0 Å². The second-order valence-electron chi connectivity index (χ2n) is 7.52. The molecule has 1 aromatic carbocycles. The molecule has 1 aliphatic rings. The van der Waals surface area contributed by atoms with Gasteiger partial charge in [-0.15, -0.1) is 0 Å². The molecule has 1 saturated heterocycles. The third kappa shape index (κ3) is 7.09. The smallest absolute Gasteiger partial charge is 0.407 e. The van der Waals surface area contributed by atoms with Crippen LogP contribution in [0.1, 0.15) is 38.1 Å². The number of ether oxygens (including phenoxy) is 2. The molecule has 0 spiro atoms. The Morgan fingerprint density at radius 3 is 2.26 bits per heavy atom. The lowest BCUT2D eigenvalue weighted by Crippen LogP contribution is -2.48. The third-order valence-corrected chi connectivity index (χ3v) is 4.21. The molecule has 1 fully saturated rings. The SMILES string of the molecule is CCOC(=O)c1ccc(N2CCN(CCNC(=O)OC(C)(C)C)CC2)cc1. The first-order valence-electron chi connectivity index (χ1n) is 9.50. The molecule has 7 heteroatoms. The van der Waals surface area contributed by atoms with E-state index in [0.29, 0.717) is 18.7 Å². The molecule has 0 aliphatic carbocycles. The lowest BCUT2D eigenvalue weighted by Gasteiger charge is -2.36. The van der Waals surface area contributed by atoms with Crippen LogP contribution in [0.4, 0.5) is 10.5 Å². The molecule has 150 valence electrons. The monoisotopic (exact) mass is 377 g/mol. The number of carbonyl (C=O) groups excluding carboxylic acids is 2. The van der Waals surface area contributed by atoms with Gasteiger partial charge in [-0.05, 0) is 52.0 Å². The highest BCUT2D eigenvalue weighted by Gasteiger charge is 2.19. The van der Waals surface area contributed by atoms with Gasteiger partial charge in [0.05, 0.1) is 12.2 Å². The van der Waals surface area contributed by atoms with Gasteiger partial charge >= 0.3 is 12.1 Å². The minimum atomic E-state index is -0.474. The van der Waals surface area contributed by atoms with Crippen LogP contribution in [0.5, 0.6) is 0 Å². The molecular weight excluding hydrogens is 346 g/mol. The van der Waals surface area contributed by atoms with Crippen molar-refractivity contribution in [3.05, 3.63) is 29.8 Å². The number of hydrogen-bond acceptors (Lipinski definition) is 6. The van der Waals surface area contributed by atoms with Crippen molar-refractivity contribution in [2.24, 2.45) is 0 Å². The lowest BCUT2D eigenvalue weighted by atomic mass is 10.2. The first-order valence-corrected chi connectivity index (χ1v) is 9.50. The minimum Gasteiger partial charge on any atom is -0.462 e. The number of piperazine rings is 1. The quantitative estimate of drug-likeness (QED) is 0.768. The van der Waals surface area contributed by atoms with Crippen LogP contribution in [0.15, 0.2) is 24.3 Å². The van der Waals surface area contributed by atoms with Gasteiger partial charge < -0.3 is 19.7 Å². The number of rotatable bonds is 6. The van der Waals surface area contributed by atoms with E-state index in [0.717, 1.165) is 38.4 Å². The van der Waals surface area contributed by atoms with Gasteiger partial charge in [-0.2, -0.15) is 0 Å². The third-order valence-electron chi connectivity index (χ3n) is 4.21. The van der Waals surface area contributed by atoms with E-state index in [2.05, 4.69) is 15.1 Å². The van der Waals surface area contributed by atoms with Crippen LogP contribution >= 0.6 is 0 Å². The number of anilines is 1. The van der Waals surface area contributed by atoms with Crippen molar-refractivity contribution in [3.8, 4) is 0 Å². The molecule has 0 atom stereocenters. The summed E-state index contributed by atoms with van der Waals surface area (Å²) in [6.07, 6.45) is -0.372. The molecule has 2 rings (SSSR count). The van der Waals surface area contributed by atoms with Crippen molar-refractivity contribution in [1.29, 1.82) is 0 Å². The van der Waals surface area contributed by atoms with Crippen LogP contribution in [0.3, 0.4) is 0 Å². The number of nitrogens with zero attached hydrogens (tertiary/aromatic N) is 2. The Kier molecular flexibility index (Phi) is 7.47. The predicted octanol–water partition coefficient (Wildman–Crippen LogP) is 2.51. The second kappa shape index (κ2) is 9.60. The Bertz CT molecular complexity index is 617. The van der Waals surface area contributed by atoms with E-state index in [1.165, 1.54) is 0 Å². The van der Waals surface area contributed by atoms with Gasteiger partial charge in [-0.3, -0.25) is 4.90 Å². The van der Waals surface area contributed by atoms with E-state index in [9.17, 15) is 9.59 Å². The van der Waals surface area contributed by atoms with Crippen LogP contribution in [-0.2, 0) is 9.47 Å². The van der Waals surface area contributed by atoms with E-state index in [1.807, 2.05) is 45.0 Å². The number of benzene rings is 1. The Morgan fingerprint density at radius 1 is 1.07 bits per heavy atom. The maximum Gasteiger partial charge on any atom is 0.407 e. The van der Waals surface area contributed by atoms with Gasteiger partial charge in [0, 0.05) is 45.0 Å². The second-order valence-corrected chi connectivity index (χ2v) is 7.52. The number of amides is 1. The summed E-state index contributed by atoms with van der Waals surface area (Å²) in [7, 11) is 0. The summed E-state index contributed by atoms with van der Waals surface area (Å²) in [6.45, 7) is 12.8. The number of esters is 1. The van der Waals surface area contributed by atoms with Crippen LogP contribution < -0.4 is 10.2 Å². The van der Waals surface area contributed by atoms with Gasteiger partial charge in [0.15, 0.2) is 0 Å². The topological polar surface area (TPSA) is 71.1 Å².